The highest BCUT2D eigenvalue weighted by Gasteiger charge is 2.20. The van der Waals surface area contributed by atoms with Gasteiger partial charge in [-0.25, -0.2) is 0 Å². The Kier molecular flexibility index (Phi) is 7.86. The van der Waals surface area contributed by atoms with E-state index in [0.717, 1.165) is 5.56 Å². The van der Waals surface area contributed by atoms with E-state index in [9.17, 15) is 13.2 Å². The number of nitrogens with zero attached hydrogens (tertiary/aromatic N) is 1. The summed E-state index contributed by atoms with van der Waals surface area (Å²) in [6, 6.07) is 13.5. The molecule has 0 aromatic heterocycles. The number of rotatable bonds is 9. The van der Waals surface area contributed by atoms with Crippen molar-refractivity contribution in [2.24, 2.45) is 0 Å². The molecule has 0 radical (unpaired) electrons. The molecular formula is C20H24ClNO5S. The van der Waals surface area contributed by atoms with Crippen LogP contribution in [-0.4, -0.2) is 44.7 Å². The Morgan fingerprint density at radius 1 is 1.14 bits per heavy atom. The summed E-state index contributed by atoms with van der Waals surface area (Å²) in [5.74, 6) is -0.0214. The van der Waals surface area contributed by atoms with Crippen LogP contribution < -0.4 is 4.18 Å². The number of methoxy groups -OCH3 is 1. The highest BCUT2D eigenvalue weighted by molar-refractivity contribution is 7.87. The highest BCUT2D eigenvalue weighted by atomic mass is 35.5. The molecule has 28 heavy (non-hydrogen) atoms. The van der Waals surface area contributed by atoms with Crippen molar-refractivity contribution in [2.75, 3.05) is 20.3 Å². The van der Waals surface area contributed by atoms with E-state index in [1.165, 1.54) is 0 Å². The van der Waals surface area contributed by atoms with Crippen molar-refractivity contribution in [3.63, 3.8) is 0 Å². The number of hydrogen-bond acceptors (Lipinski definition) is 5. The molecule has 1 amide bonds. The zero-order valence-corrected chi connectivity index (χ0v) is 17.7. The largest absolute Gasteiger partial charge is 0.383 e. The number of hydrogen-bond donors (Lipinski definition) is 0. The number of amides is 1. The lowest BCUT2D eigenvalue weighted by atomic mass is 10.1. The first kappa shape index (κ1) is 22.2. The van der Waals surface area contributed by atoms with Gasteiger partial charge in [0.2, 0.25) is 0 Å². The van der Waals surface area contributed by atoms with Crippen LogP contribution >= 0.6 is 11.6 Å². The van der Waals surface area contributed by atoms with Crippen molar-refractivity contribution in [1.82, 2.24) is 4.90 Å². The van der Waals surface area contributed by atoms with Gasteiger partial charge in [0.05, 0.1) is 22.4 Å². The zero-order valence-electron chi connectivity index (χ0n) is 16.1. The molecule has 8 heteroatoms. The Labute approximate surface area is 171 Å². The van der Waals surface area contributed by atoms with Crippen LogP contribution in [0.25, 0.3) is 0 Å². The Balaban J connectivity index is 2.24. The number of carbonyl (C=O) groups excluding carboxylic acids is 1. The van der Waals surface area contributed by atoms with Gasteiger partial charge in [-0.15, -0.1) is 0 Å². The number of benzene rings is 2. The van der Waals surface area contributed by atoms with Crippen LogP contribution in [-0.2, 0) is 21.4 Å². The second-order valence-corrected chi connectivity index (χ2v) is 8.97. The molecule has 152 valence electrons. The Morgan fingerprint density at radius 2 is 1.86 bits per heavy atom. The number of halogens is 1. The molecule has 0 unspecified atom stereocenters. The maximum absolute atomic E-state index is 12.9. The van der Waals surface area contributed by atoms with E-state index in [4.69, 9.17) is 20.5 Å². The minimum atomic E-state index is -3.69. The maximum atomic E-state index is 12.9. The minimum Gasteiger partial charge on any atom is -0.383 e. The summed E-state index contributed by atoms with van der Waals surface area (Å²) < 4.78 is 34.2. The van der Waals surface area contributed by atoms with Gasteiger partial charge in [-0.3, -0.25) is 4.79 Å². The third kappa shape index (κ3) is 5.95. The van der Waals surface area contributed by atoms with Crippen molar-refractivity contribution in [1.29, 1.82) is 0 Å². The number of carbonyl (C=O) groups is 1. The van der Waals surface area contributed by atoms with E-state index in [1.807, 2.05) is 0 Å². The molecule has 0 atom stereocenters. The minimum absolute atomic E-state index is 0.211. The average molecular weight is 426 g/mol. The molecule has 6 nitrogen and oxygen atoms in total. The summed E-state index contributed by atoms with van der Waals surface area (Å²) in [6.45, 7) is 4.07. The van der Waals surface area contributed by atoms with Crippen LogP contribution in [0.3, 0.4) is 0 Å². The van der Waals surface area contributed by atoms with Gasteiger partial charge in [0.15, 0.2) is 0 Å². The van der Waals surface area contributed by atoms with E-state index < -0.39 is 15.4 Å². The topological polar surface area (TPSA) is 72.9 Å². The lowest BCUT2D eigenvalue weighted by Crippen LogP contribution is -2.33. The predicted molar refractivity (Wildman–Crippen MR) is 109 cm³/mol. The molecule has 0 aliphatic rings. The maximum Gasteiger partial charge on any atom is 0.311 e. The molecule has 0 heterocycles. The Morgan fingerprint density at radius 3 is 2.50 bits per heavy atom. The molecule has 0 N–H and O–H groups in total. The first-order valence-corrected chi connectivity index (χ1v) is 10.6. The third-order valence-corrected chi connectivity index (χ3v) is 5.93. The van der Waals surface area contributed by atoms with Crippen molar-refractivity contribution in [3.8, 4) is 5.75 Å². The van der Waals surface area contributed by atoms with Crippen molar-refractivity contribution in [3.05, 3.63) is 64.7 Å². The fraction of sp³-hybridized carbons (Fsp3) is 0.350. The summed E-state index contributed by atoms with van der Waals surface area (Å²) in [6.07, 6.45) is 0. The monoisotopic (exact) mass is 425 g/mol. The molecule has 0 saturated carbocycles. The van der Waals surface area contributed by atoms with Gasteiger partial charge in [-0.2, -0.15) is 8.42 Å². The first-order chi connectivity index (χ1) is 13.2. The Hall–Kier alpha value is -2.09. The summed E-state index contributed by atoms with van der Waals surface area (Å²) in [5.41, 5.74) is 1.13. The molecular weight excluding hydrogens is 402 g/mol. The van der Waals surface area contributed by atoms with E-state index in [-0.39, 0.29) is 18.2 Å². The molecule has 0 aliphatic carbocycles. The van der Waals surface area contributed by atoms with Gasteiger partial charge in [0.25, 0.3) is 5.91 Å². The molecule has 0 spiro atoms. The summed E-state index contributed by atoms with van der Waals surface area (Å²) in [4.78, 5) is 14.5. The molecule has 0 saturated heterocycles. The van der Waals surface area contributed by atoms with E-state index >= 15 is 0 Å². The van der Waals surface area contributed by atoms with Crippen LogP contribution in [0, 0.1) is 0 Å². The lowest BCUT2D eigenvalue weighted by molar-refractivity contribution is 0.0680. The van der Waals surface area contributed by atoms with Crippen LogP contribution in [0.15, 0.2) is 48.5 Å². The first-order valence-electron chi connectivity index (χ1n) is 8.79. The smallest absolute Gasteiger partial charge is 0.311 e. The Bertz CT molecular complexity index is 914. The highest BCUT2D eigenvalue weighted by Crippen LogP contribution is 2.21. The van der Waals surface area contributed by atoms with Gasteiger partial charge in [-0.1, -0.05) is 35.9 Å². The van der Waals surface area contributed by atoms with Crippen LogP contribution in [0.1, 0.15) is 29.8 Å². The van der Waals surface area contributed by atoms with E-state index in [0.29, 0.717) is 23.7 Å². The second kappa shape index (κ2) is 9.91. The van der Waals surface area contributed by atoms with Crippen LogP contribution in [0.5, 0.6) is 5.75 Å². The van der Waals surface area contributed by atoms with Crippen LogP contribution in [0.4, 0.5) is 0 Å². The zero-order chi connectivity index (χ0) is 20.7. The fourth-order valence-electron chi connectivity index (χ4n) is 2.41. The van der Waals surface area contributed by atoms with Gasteiger partial charge < -0.3 is 13.8 Å². The molecule has 2 aromatic carbocycles. The quantitative estimate of drug-likeness (QED) is 0.572. The van der Waals surface area contributed by atoms with E-state index in [1.54, 1.807) is 74.4 Å². The van der Waals surface area contributed by atoms with Crippen LogP contribution in [0.2, 0.25) is 5.02 Å². The van der Waals surface area contributed by atoms with Gasteiger partial charge in [0.1, 0.15) is 5.75 Å². The average Bonchev–Trinajstić information content (AvgIpc) is 2.65. The lowest BCUT2D eigenvalue weighted by Gasteiger charge is -2.23. The van der Waals surface area contributed by atoms with Gasteiger partial charge in [-0.05, 0) is 43.7 Å². The molecule has 0 fully saturated rings. The summed E-state index contributed by atoms with van der Waals surface area (Å²) in [7, 11) is -2.13. The summed E-state index contributed by atoms with van der Waals surface area (Å²) in [5, 5.41) is -0.286. The fourth-order valence-corrected chi connectivity index (χ4v) is 3.19. The molecule has 2 aromatic rings. The van der Waals surface area contributed by atoms with Crippen molar-refractivity contribution >= 4 is 27.6 Å². The predicted octanol–water partition coefficient (Wildman–Crippen LogP) is 3.75. The van der Waals surface area contributed by atoms with Crippen molar-refractivity contribution < 1.29 is 22.1 Å². The number of ether oxygens (including phenoxy) is 1. The normalized spacial score (nSPS) is 11.5. The third-order valence-electron chi connectivity index (χ3n) is 4.02. The van der Waals surface area contributed by atoms with Gasteiger partial charge in [0, 0.05) is 20.2 Å². The van der Waals surface area contributed by atoms with E-state index in [2.05, 4.69) is 0 Å². The molecule has 0 bridgehead atoms. The second-order valence-electron chi connectivity index (χ2n) is 6.47. The molecule has 0 aliphatic heterocycles. The van der Waals surface area contributed by atoms with Crippen molar-refractivity contribution in [2.45, 2.75) is 25.6 Å². The standard InChI is InChI=1S/C20H24ClNO5S/c1-15(2)28(24,25)27-17-8-6-7-16(13-17)14-22(11-12-26-3)20(23)18-9-4-5-10-19(18)21/h4-10,13,15H,11-12,14H2,1-3H3. The van der Waals surface area contributed by atoms with Gasteiger partial charge >= 0.3 is 10.1 Å². The molecule has 2 rings (SSSR count). The summed E-state index contributed by atoms with van der Waals surface area (Å²) >= 11 is 6.16. The SMILES string of the molecule is COCCN(Cc1cccc(OS(=O)(=O)C(C)C)c1)C(=O)c1ccccc1Cl.